The van der Waals surface area contributed by atoms with Crippen LogP contribution in [0.5, 0.6) is 0 Å². The minimum atomic E-state index is -0.357. The van der Waals surface area contributed by atoms with E-state index in [0.29, 0.717) is 6.54 Å². The van der Waals surface area contributed by atoms with E-state index in [4.69, 9.17) is 0 Å². The molecule has 0 saturated carbocycles. The summed E-state index contributed by atoms with van der Waals surface area (Å²) < 4.78 is 0.988. The molecule has 1 atom stereocenters. The molecule has 0 amide bonds. The lowest BCUT2D eigenvalue weighted by Gasteiger charge is -2.18. The summed E-state index contributed by atoms with van der Waals surface area (Å²) >= 11 is 3.35. The zero-order valence-corrected chi connectivity index (χ0v) is 9.87. The van der Waals surface area contributed by atoms with Gasteiger partial charge >= 0.3 is 0 Å². The van der Waals surface area contributed by atoms with Crippen molar-refractivity contribution in [2.24, 2.45) is 0 Å². The van der Waals surface area contributed by atoms with E-state index in [1.54, 1.807) is 6.20 Å². The molecule has 0 saturated heterocycles. The Kier molecular flexibility index (Phi) is 3.51. The topological polar surface area (TPSA) is 45.2 Å². The molecule has 0 fully saturated rings. The second kappa shape index (κ2) is 4.88. The highest BCUT2D eigenvalue weighted by Crippen LogP contribution is 2.12. The van der Waals surface area contributed by atoms with Crippen LogP contribution >= 0.6 is 15.9 Å². The zero-order valence-electron chi connectivity index (χ0n) is 8.28. The molecule has 0 bridgehead atoms. The van der Waals surface area contributed by atoms with Gasteiger partial charge in [0.15, 0.2) is 0 Å². The third kappa shape index (κ3) is 3.12. The highest BCUT2D eigenvalue weighted by molar-refractivity contribution is 9.10. The Hall–Kier alpha value is -0.710. The van der Waals surface area contributed by atoms with Crippen LogP contribution in [0.25, 0.3) is 0 Å². The molecule has 2 N–H and O–H groups in total. The van der Waals surface area contributed by atoms with E-state index < -0.39 is 0 Å². The van der Waals surface area contributed by atoms with Crippen LogP contribution in [-0.4, -0.2) is 29.3 Å². The van der Waals surface area contributed by atoms with E-state index in [0.717, 1.165) is 23.1 Å². The largest absolute Gasteiger partial charge is 0.388 e. The Labute approximate surface area is 97.4 Å². The van der Waals surface area contributed by atoms with Crippen LogP contribution in [0.15, 0.2) is 34.5 Å². The summed E-state index contributed by atoms with van der Waals surface area (Å²) in [5, 5.41) is 12.6. The molecular weight excluding hydrogens is 256 g/mol. The SMILES string of the molecule is OC1C=C(Cc2ccc(Br)cn2)CNC1. The molecule has 15 heavy (non-hydrogen) atoms. The Morgan fingerprint density at radius 2 is 2.40 bits per heavy atom. The summed E-state index contributed by atoms with van der Waals surface area (Å²) in [5.41, 5.74) is 2.23. The monoisotopic (exact) mass is 268 g/mol. The lowest BCUT2D eigenvalue weighted by atomic mass is 10.0. The number of pyridine rings is 1. The minimum Gasteiger partial charge on any atom is -0.388 e. The number of nitrogens with one attached hydrogen (secondary N) is 1. The van der Waals surface area contributed by atoms with Gasteiger partial charge in [0.05, 0.1) is 6.10 Å². The van der Waals surface area contributed by atoms with E-state index in [2.05, 4.69) is 26.2 Å². The second-order valence-corrected chi connectivity index (χ2v) is 4.58. The number of rotatable bonds is 2. The first kappa shape index (κ1) is 10.8. The lowest BCUT2D eigenvalue weighted by Crippen LogP contribution is -2.32. The molecule has 1 aliphatic heterocycles. The van der Waals surface area contributed by atoms with Crippen molar-refractivity contribution < 1.29 is 5.11 Å². The van der Waals surface area contributed by atoms with Gasteiger partial charge in [0.2, 0.25) is 0 Å². The van der Waals surface area contributed by atoms with Crippen LogP contribution in [0.4, 0.5) is 0 Å². The molecule has 0 aromatic carbocycles. The van der Waals surface area contributed by atoms with E-state index in [1.807, 2.05) is 18.2 Å². The molecule has 2 rings (SSSR count). The first-order chi connectivity index (χ1) is 7.24. The maximum absolute atomic E-state index is 9.43. The molecule has 1 aliphatic rings. The van der Waals surface area contributed by atoms with Gasteiger partial charge in [0, 0.05) is 35.9 Å². The van der Waals surface area contributed by atoms with Crippen LogP contribution in [0.3, 0.4) is 0 Å². The fourth-order valence-electron chi connectivity index (χ4n) is 1.64. The molecule has 4 heteroatoms. The van der Waals surface area contributed by atoms with Crippen molar-refractivity contribution in [3.8, 4) is 0 Å². The average Bonchev–Trinajstić information content (AvgIpc) is 2.22. The summed E-state index contributed by atoms with van der Waals surface area (Å²) in [6, 6.07) is 3.97. The Morgan fingerprint density at radius 3 is 3.07 bits per heavy atom. The first-order valence-electron chi connectivity index (χ1n) is 4.93. The molecule has 0 radical (unpaired) electrons. The summed E-state index contributed by atoms with van der Waals surface area (Å²) in [5.74, 6) is 0. The number of aromatic nitrogens is 1. The highest BCUT2D eigenvalue weighted by Gasteiger charge is 2.10. The Bertz CT molecular complexity index is 361. The lowest BCUT2D eigenvalue weighted by molar-refractivity contribution is 0.212. The number of β-amino-alcohol motifs (C(OH)–C–C–N with tert-alkyl or cyclic N) is 1. The van der Waals surface area contributed by atoms with Gasteiger partial charge in [-0.05, 0) is 28.1 Å². The van der Waals surface area contributed by atoms with Gasteiger partial charge in [-0.15, -0.1) is 0 Å². The number of nitrogens with zero attached hydrogens (tertiary/aromatic N) is 1. The highest BCUT2D eigenvalue weighted by atomic mass is 79.9. The number of aliphatic hydroxyl groups excluding tert-OH is 1. The number of hydrogen-bond donors (Lipinski definition) is 2. The van der Waals surface area contributed by atoms with Crippen molar-refractivity contribution >= 4 is 15.9 Å². The molecule has 3 nitrogen and oxygen atoms in total. The van der Waals surface area contributed by atoms with E-state index >= 15 is 0 Å². The molecule has 1 aromatic rings. The predicted molar refractivity (Wildman–Crippen MR) is 62.6 cm³/mol. The van der Waals surface area contributed by atoms with Gasteiger partial charge in [0.25, 0.3) is 0 Å². The van der Waals surface area contributed by atoms with E-state index in [-0.39, 0.29) is 6.10 Å². The van der Waals surface area contributed by atoms with Crippen LogP contribution < -0.4 is 5.32 Å². The summed E-state index contributed by atoms with van der Waals surface area (Å²) in [7, 11) is 0. The van der Waals surface area contributed by atoms with Crippen molar-refractivity contribution in [1.29, 1.82) is 0 Å². The van der Waals surface area contributed by atoms with Crippen LogP contribution in [0, 0.1) is 0 Å². The Balaban J connectivity index is 2.05. The van der Waals surface area contributed by atoms with Gasteiger partial charge in [-0.3, -0.25) is 4.98 Å². The van der Waals surface area contributed by atoms with Crippen LogP contribution in [-0.2, 0) is 6.42 Å². The van der Waals surface area contributed by atoms with Crippen molar-refractivity contribution in [2.75, 3.05) is 13.1 Å². The van der Waals surface area contributed by atoms with Crippen molar-refractivity contribution in [1.82, 2.24) is 10.3 Å². The van der Waals surface area contributed by atoms with E-state index in [9.17, 15) is 5.11 Å². The van der Waals surface area contributed by atoms with Crippen LogP contribution in [0.2, 0.25) is 0 Å². The standard InChI is InChI=1S/C11H13BrN2O/c12-9-1-2-10(14-6-9)3-8-4-11(15)7-13-5-8/h1-2,4,6,11,13,15H,3,5,7H2. The molecule has 80 valence electrons. The maximum atomic E-state index is 9.43. The van der Waals surface area contributed by atoms with Gasteiger partial charge in [-0.1, -0.05) is 11.6 Å². The van der Waals surface area contributed by atoms with Gasteiger partial charge in [-0.25, -0.2) is 0 Å². The van der Waals surface area contributed by atoms with Crippen LogP contribution in [0.1, 0.15) is 5.69 Å². The van der Waals surface area contributed by atoms with E-state index in [1.165, 1.54) is 5.57 Å². The number of aliphatic hydroxyl groups is 1. The zero-order chi connectivity index (χ0) is 10.7. The van der Waals surface area contributed by atoms with Gasteiger partial charge < -0.3 is 10.4 Å². The third-order valence-corrected chi connectivity index (χ3v) is 2.80. The normalized spacial score (nSPS) is 21.2. The molecule has 0 spiro atoms. The Morgan fingerprint density at radius 1 is 1.53 bits per heavy atom. The summed E-state index contributed by atoms with van der Waals surface area (Å²) in [4.78, 5) is 4.30. The maximum Gasteiger partial charge on any atom is 0.0848 e. The molecule has 2 heterocycles. The second-order valence-electron chi connectivity index (χ2n) is 3.67. The minimum absolute atomic E-state index is 0.357. The quantitative estimate of drug-likeness (QED) is 0.795. The molecule has 1 aromatic heterocycles. The summed E-state index contributed by atoms with van der Waals surface area (Å²) in [6.45, 7) is 1.49. The third-order valence-electron chi connectivity index (χ3n) is 2.33. The fraction of sp³-hybridized carbons (Fsp3) is 0.364. The predicted octanol–water partition coefficient (Wildman–Crippen LogP) is 1.28. The van der Waals surface area contributed by atoms with Gasteiger partial charge in [0.1, 0.15) is 0 Å². The smallest absolute Gasteiger partial charge is 0.0848 e. The van der Waals surface area contributed by atoms with Crippen molar-refractivity contribution in [3.63, 3.8) is 0 Å². The molecule has 1 unspecified atom stereocenters. The fourth-order valence-corrected chi connectivity index (χ4v) is 1.87. The average molecular weight is 269 g/mol. The number of hydrogen-bond acceptors (Lipinski definition) is 3. The number of halogens is 1. The molecule has 0 aliphatic carbocycles. The molecular formula is C11H13BrN2O. The first-order valence-corrected chi connectivity index (χ1v) is 5.72. The van der Waals surface area contributed by atoms with Crippen molar-refractivity contribution in [2.45, 2.75) is 12.5 Å². The van der Waals surface area contributed by atoms with Gasteiger partial charge in [-0.2, -0.15) is 0 Å². The van der Waals surface area contributed by atoms with Crippen molar-refractivity contribution in [3.05, 3.63) is 40.1 Å². The summed E-state index contributed by atoms with van der Waals surface area (Å²) in [6.07, 6.45) is 4.16.